The van der Waals surface area contributed by atoms with Crippen molar-refractivity contribution in [3.8, 4) is 0 Å². The fourth-order valence-electron chi connectivity index (χ4n) is 4.11. The Morgan fingerprint density at radius 2 is 1.85 bits per heavy atom. The van der Waals surface area contributed by atoms with E-state index in [1.807, 2.05) is 0 Å². The molecule has 0 bridgehead atoms. The van der Waals surface area contributed by atoms with Gasteiger partial charge in [-0.05, 0) is 30.5 Å². The Kier molecular flexibility index (Phi) is 4.11. The third kappa shape index (κ3) is 2.97. The van der Waals surface area contributed by atoms with Gasteiger partial charge in [0.15, 0.2) is 0 Å². The quantitative estimate of drug-likeness (QED) is 0.723. The summed E-state index contributed by atoms with van der Waals surface area (Å²) in [4.78, 5) is 9.79. The Labute approximate surface area is 153 Å². The second kappa shape index (κ2) is 6.74. The van der Waals surface area contributed by atoms with Crippen LogP contribution >= 0.6 is 0 Å². The first kappa shape index (κ1) is 15.9. The van der Waals surface area contributed by atoms with Crippen molar-refractivity contribution in [1.82, 2.24) is 14.5 Å². The highest BCUT2D eigenvalue weighted by Gasteiger charge is 2.29. The molecule has 0 N–H and O–H groups in total. The highest BCUT2D eigenvalue weighted by molar-refractivity contribution is 5.79. The van der Waals surface area contributed by atoms with E-state index < -0.39 is 0 Å². The van der Waals surface area contributed by atoms with E-state index in [1.165, 1.54) is 17.5 Å². The molecule has 5 rings (SSSR count). The summed E-state index contributed by atoms with van der Waals surface area (Å²) in [5, 5.41) is 0. The van der Waals surface area contributed by atoms with Gasteiger partial charge in [-0.25, -0.2) is 4.98 Å². The maximum absolute atomic E-state index is 5.90. The Morgan fingerprint density at radius 3 is 2.69 bits per heavy atom. The van der Waals surface area contributed by atoms with Gasteiger partial charge in [0.2, 0.25) is 5.95 Å². The number of imidazole rings is 1. The summed E-state index contributed by atoms with van der Waals surface area (Å²) in [7, 11) is 0. The first-order valence-corrected chi connectivity index (χ1v) is 9.45. The summed E-state index contributed by atoms with van der Waals surface area (Å²) in [5.74, 6) is 1.08. The van der Waals surface area contributed by atoms with Gasteiger partial charge in [0.25, 0.3) is 0 Å². The first-order valence-electron chi connectivity index (χ1n) is 9.45. The zero-order chi connectivity index (χ0) is 17.3. The average Bonchev–Trinajstić information content (AvgIpc) is 3.31. The SMILES string of the molecule is c1ccc(CN2CN(C[C@@H]3CCCO3)c3nc4ccccc4n3C2)cc1. The fourth-order valence-corrected chi connectivity index (χ4v) is 4.11. The van der Waals surface area contributed by atoms with Crippen molar-refractivity contribution in [2.24, 2.45) is 0 Å². The van der Waals surface area contributed by atoms with E-state index in [1.54, 1.807) is 0 Å². The van der Waals surface area contributed by atoms with Gasteiger partial charge in [0.1, 0.15) is 0 Å². The predicted molar refractivity (Wildman–Crippen MR) is 103 cm³/mol. The van der Waals surface area contributed by atoms with E-state index in [0.29, 0.717) is 6.10 Å². The van der Waals surface area contributed by atoms with Gasteiger partial charge in [0.05, 0.1) is 30.5 Å². The largest absolute Gasteiger partial charge is 0.376 e. The van der Waals surface area contributed by atoms with Crippen LogP contribution in [0.25, 0.3) is 11.0 Å². The number of anilines is 1. The molecule has 0 amide bonds. The maximum atomic E-state index is 5.90. The van der Waals surface area contributed by atoms with E-state index in [9.17, 15) is 0 Å². The number of hydrogen-bond acceptors (Lipinski definition) is 4. The zero-order valence-corrected chi connectivity index (χ0v) is 14.9. The lowest BCUT2D eigenvalue weighted by molar-refractivity contribution is 0.105. The van der Waals surface area contributed by atoms with Gasteiger partial charge in [-0.1, -0.05) is 42.5 Å². The monoisotopic (exact) mass is 348 g/mol. The van der Waals surface area contributed by atoms with Crippen LogP contribution < -0.4 is 4.90 Å². The molecule has 2 aromatic carbocycles. The highest BCUT2D eigenvalue weighted by Crippen LogP contribution is 2.28. The lowest BCUT2D eigenvalue weighted by atomic mass is 10.2. The van der Waals surface area contributed by atoms with Gasteiger partial charge in [-0.15, -0.1) is 0 Å². The van der Waals surface area contributed by atoms with E-state index in [4.69, 9.17) is 9.72 Å². The van der Waals surface area contributed by atoms with Crippen molar-refractivity contribution in [3.63, 3.8) is 0 Å². The normalized spacial score (nSPS) is 20.6. The van der Waals surface area contributed by atoms with Crippen LogP contribution in [0.15, 0.2) is 54.6 Å². The number of rotatable bonds is 4. The van der Waals surface area contributed by atoms with Crippen LogP contribution in [0, 0.1) is 0 Å². The number of para-hydroxylation sites is 2. The first-order chi connectivity index (χ1) is 12.9. The third-order valence-electron chi connectivity index (χ3n) is 5.33. The molecule has 3 heterocycles. The second-order valence-corrected chi connectivity index (χ2v) is 7.28. The van der Waals surface area contributed by atoms with Crippen molar-refractivity contribution in [2.75, 3.05) is 24.7 Å². The molecule has 0 unspecified atom stereocenters. The molecular weight excluding hydrogens is 324 g/mol. The molecule has 5 nitrogen and oxygen atoms in total. The van der Waals surface area contributed by atoms with Crippen molar-refractivity contribution in [2.45, 2.75) is 32.2 Å². The summed E-state index contributed by atoms with van der Waals surface area (Å²) in [6.45, 7) is 4.50. The molecule has 1 atom stereocenters. The lowest BCUT2D eigenvalue weighted by Crippen LogP contribution is -2.47. The van der Waals surface area contributed by atoms with Gasteiger partial charge >= 0.3 is 0 Å². The number of ether oxygens (including phenoxy) is 1. The molecule has 0 spiro atoms. The van der Waals surface area contributed by atoms with Crippen molar-refractivity contribution < 1.29 is 4.74 Å². The number of aromatic nitrogens is 2. The molecule has 5 heteroatoms. The smallest absolute Gasteiger partial charge is 0.208 e. The molecule has 1 fully saturated rings. The molecule has 134 valence electrons. The zero-order valence-electron chi connectivity index (χ0n) is 14.9. The molecule has 1 aromatic heterocycles. The molecule has 0 radical (unpaired) electrons. The Balaban J connectivity index is 1.47. The van der Waals surface area contributed by atoms with Crippen LogP contribution in [0.1, 0.15) is 18.4 Å². The van der Waals surface area contributed by atoms with E-state index in [0.717, 1.165) is 50.9 Å². The minimum atomic E-state index is 0.319. The molecule has 2 aliphatic rings. The minimum Gasteiger partial charge on any atom is -0.376 e. The van der Waals surface area contributed by atoms with Crippen LogP contribution in [0.3, 0.4) is 0 Å². The molecule has 0 aliphatic carbocycles. The lowest BCUT2D eigenvalue weighted by Gasteiger charge is -2.38. The number of nitrogens with zero attached hydrogens (tertiary/aromatic N) is 4. The maximum Gasteiger partial charge on any atom is 0.208 e. The minimum absolute atomic E-state index is 0.319. The summed E-state index contributed by atoms with van der Waals surface area (Å²) in [6, 6.07) is 19.1. The number of benzene rings is 2. The van der Waals surface area contributed by atoms with Gasteiger partial charge in [-0.2, -0.15) is 0 Å². The van der Waals surface area contributed by atoms with Crippen LogP contribution in [0.5, 0.6) is 0 Å². The van der Waals surface area contributed by atoms with Gasteiger partial charge in [-0.3, -0.25) is 9.47 Å². The molecule has 26 heavy (non-hydrogen) atoms. The van der Waals surface area contributed by atoms with Crippen LogP contribution in [-0.2, 0) is 18.0 Å². The summed E-state index contributed by atoms with van der Waals surface area (Å²) >= 11 is 0. The number of fused-ring (bicyclic) bond motifs is 3. The van der Waals surface area contributed by atoms with E-state index >= 15 is 0 Å². The standard InChI is InChI=1S/C21H24N4O/c1-2-7-17(8-3-1)13-23-15-24(14-18-9-6-12-26-18)21-22-19-10-4-5-11-20(19)25(21)16-23/h1-5,7-8,10-11,18H,6,9,12-16H2/t18-/m0/s1. The molecular formula is C21H24N4O. The topological polar surface area (TPSA) is 33.5 Å². The number of hydrogen-bond donors (Lipinski definition) is 0. The Morgan fingerprint density at radius 1 is 1.00 bits per heavy atom. The van der Waals surface area contributed by atoms with Gasteiger partial charge < -0.3 is 9.64 Å². The molecule has 2 aliphatic heterocycles. The third-order valence-corrected chi connectivity index (χ3v) is 5.33. The van der Waals surface area contributed by atoms with Crippen molar-refractivity contribution >= 4 is 17.0 Å². The Bertz CT molecular complexity index is 885. The second-order valence-electron chi connectivity index (χ2n) is 7.28. The summed E-state index contributed by atoms with van der Waals surface area (Å²) in [5.41, 5.74) is 3.62. The van der Waals surface area contributed by atoms with E-state index in [2.05, 4.69) is 69.0 Å². The van der Waals surface area contributed by atoms with Crippen LogP contribution in [0.4, 0.5) is 5.95 Å². The van der Waals surface area contributed by atoms with Crippen molar-refractivity contribution in [3.05, 3.63) is 60.2 Å². The van der Waals surface area contributed by atoms with E-state index in [-0.39, 0.29) is 0 Å². The van der Waals surface area contributed by atoms with Crippen molar-refractivity contribution in [1.29, 1.82) is 0 Å². The molecule has 3 aromatic rings. The average molecular weight is 348 g/mol. The molecule has 0 saturated carbocycles. The molecule has 1 saturated heterocycles. The predicted octanol–water partition coefficient (Wildman–Crippen LogP) is 3.45. The fraction of sp³-hybridized carbons (Fsp3) is 0.381. The van der Waals surface area contributed by atoms with Crippen LogP contribution in [-0.4, -0.2) is 40.4 Å². The Hall–Kier alpha value is -2.37. The summed E-state index contributed by atoms with van der Waals surface area (Å²) < 4.78 is 8.25. The highest BCUT2D eigenvalue weighted by atomic mass is 16.5. The van der Waals surface area contributed by atoms with Gasteiger partial charge in [0, 0.05) is 19.7 Å². The van der Waals surface area contributed by atoms with Crippen LogP contribution in [0.2, 0.25) is 0 Å². The summed E-state index contributed by atoms with van der Waals surface area (Å²) in [6.07, 6.45) is 2.64.